The molecule has 1 atom stereocenters. The highest BCUT2D eigenvalue weighted by molar-refractivity contribution is 6.30. The fourth-order valence-electron chi connectivity index (χ4n) is 4.34. The minimum absolute atomic E-state index is 0.566. The molecule has 0 radical (unpaired) electrons. The van der Waals surface area contributed by atoms with Gasteiger partial charge in [0.05, 0.1) is 5.56 Å². The zero-order valence-corrected chi connectivity index (χ0v) is 17.3. The second kappa shape index (κ2) is 6.92. The average molecular weight is 439 g/mol. The largest absolute Gasteiger partial charge is 0.416 e. The number of rotatable bonds is 3. The molecule has 5 aromatic rings. The fourth-order valence-corrected chi connectivity index (χ4v) is 4.77. The predicted molar refractivity (Wildman–Crippen MR) is 119 cm³/mol. The highest BCUT2D eigenvalue weighted by atomic mass is 35.5. The average Bonchev–Trinajstić information content (AvgIpc) is 3.38. The van der Waals surface area contributed by atoms with Crippen LogP contribution in [-0.2, 0) is 11.1 Å². The first kappa shape index (κ1) is 19.8. The summed E-state index contributed by atoms with van der Waals surface area (Å²) in [6.45, 7) is 2.00. The normalized spacial score (nSPS) is 14.2. The summed E-state index contributed by atoms with van der Waals surface area (Å²) < 4.78 is 39.6. The number of nitrogens with one attached hydrogen (secondary N) is 2. The molecule has 0 aliphatic rings. The van der Waals surface area contributed by atoms with Gasteiger partial charge in [-0.2, -0.15) is 13.2 Å². The minimum Gasteiger partial charge on any atom is -0.361 e. The summed E-state index contributed by atoms with van der Waals surface area (Å²) in [5, 5.41) is 1.88. The van der Waals surface area contributed by atoms with Crippen LogP contribution in [0.2, 0.25) is 0 Å². The van der Waals surface area contributed by atoms with E-state index in [1.54, 1.807) is 0 Å². The Kier molecular flexibility index (Phi) is 4.41. The number of alkyl halides is 4. The molecular weight excluding hydrogens is 421 g/mol. The summed E-state index contributed by atoms with van der Waals surface area (Å²) in [5.41, 5.74) is 4.31. The molecule has 2 nitrogen and oxygen atoms in total. The number of aromatic amines is 2. The first-order valence-corrected chi connectivity index (χ1v) is 10.2. The molecule has 31 heavy (non-hydrogen) atoms. The fraction of sp³-hybridized carbons (Fsp3) is 0.120. The maximum atomic E-state index is 13.2. The molecule has 0 spiro atoms. The van der Waals surface area contributed by atoms with Gasteiger partial charge in [-0.05, 0) is 42.3 Å². The molecule has 0 saturated carbocycles. The van der Waals surface area contributed by atoms with Crippen LogP contribution in [0.15, 0.2) is 79.1 Å². The van der Waals surface area contributed by atoms with Crippen LogP contribution in [0.3, 0.4) is 0 Å². The van der Waals surface area contributed by atoms with Crippen molar-refractivity contribution in [3.63, 3.8) is 0 Å². The maximum absolute atomic E-state index is 13.2. The zero-order valence-electron chi connectivity index (χ0n) is 16.5. The Bertz CT molecular complexity index is 1400. The molecule has 2 N–H and O–H groups in total. The molecule has 0 fully saturated rings. The smallest absolute Gasteiger partial charge is 0.361 e. The Morgan fingerprint density at radius 2 is 1.32 bits per heavy atom. The third-order valence-corrected chi connectivity index (χ3v) is 6.48. The molecule has 0 saturated heterocycles. The Labute approximate surface area is 181 Å². The number of hydrogen-bond acceptors (Lipinski definition) is 0. The molecule has 2 aromatic heterocycles. The van der Waals surface area contributed by atoms with Gasteiger partial charge in [-0.1, -0.05) is 42.5 Å². The molecule has 0 bridgehead atoms. The van der Waals surface area contributed by atoms with E-state index in [-0.39, 0.29) is 0 Å². The monoisotopic (exact) mass is 438 g/mol. The lowest BCUT2D eigenvalue weighted by Crippen LogP contribution is -2.22. The van der Waals surface area contributed by atoms with Gasteiger partial charge in [-0.25, -0.2) is 0 Å². The van der Waals surface area contributed by atoms with E-state index in [0.717, 1.165) is 50.6 Å². The van der Waals surface area contributed by atoms with Crippen LogP contribution in [0.5, 0.6) is 0 Å². The summed E-state index contributed by atoms with van der Waals surface area (Å²) in [4.78, 5) is 5.32. The number of H-pyrrole nitrogens is 2. The van der Waals surface area contributed by atoms with Gasteiger partial charge in [0, 0.05) is 45.3 Å². The lowest BCUT2D eigenvalue weighted by Gasteiger charge is -2.28. The van der Waals surface area contributed by atoms with E-state index >= 15 is 0 Å². The molecule has 6 heteroatoms. The highest BCUT2D eigenvalue weighted by Crippen LogP contribution is 2.49. The molecule has 0 amide bonds. The van der Waals surface area contributed by atoms with Gasteiger partial charge in [0.25, 0.3) is 0 Å². The molecule has 2 heterocycles. The SMILES string of the molecule is Cc1cccc2[nH]cc(C(Cl)(c3ccc(C(F)(F)F)cc3)c3c[nH]c4ccccc34)c12. The van der Waals surface area contributed by atoms with E-state index in [9.17, 15) is 13.2 Å². The van der Waals surface area contributed by atoms with Gasteiger partial charge in [0.1, 0.15) is 4.87 Å². The van der Waals surface area contributed by atoms with Crippen molar-refractivity contribution in [2.24, 2.45) is 0 Å². The standard InChI is InChI=1S/C25H18ClF3N2/c1-15-5-4-8-22-23(15)20(14-31-22)24(26,16-9-11-17(12-10-16)25(27,28)29)19-13-30-21-7-3-2-6-18(19)21/h2-14,30-31H,1H3. The van der Waals surface area contributed by atoms with Crippen LogP contribution in [0.25, 0.3) is 21.8 Å². The van der Waals surface area contributed by atoms with Crippen molar-refractivity contribution in [3.05, 3.63) is 107 Å². The van der Waals surface area contributed by atoms with Gasteiger partial charge in [0.2, 0.25) is 0 Å². The molecule has 0 aliphatic heterocycles. The highest BCUT2D eigenvalue weighted by Gasteiger charge is 2.39. The third kappa shape index (κ3) is 3.03. The van der Waals surface area contributed by atoms with Crippen molar-refractivity contribution in [2.75, 3.05) is 0 Å². The third-order valence-electron chi connectivity index (χ3n) is 5.86. The van der Waals surface area contributed by atoms with Crippen molar-refractivity contribution in [1.82, 2.24) is 9.97 Å². The van der Waals surface area contributed by atoms with Crippen LogP contribution in [0, 0.1) is 6.92 Å². The zero-order chi connectivity index (χ0) is 21.8. The Morgan fingerprint density at radius 1 is 0.710 bits per heavy atom. The number of halogens is 4. The van der Waals surface area contributed by atoms with Crippen molar-refractivity contribution < 1.29 is 13.2 Å². The Balaban J connectivity index is 1.83. The van der Waals surface area contributed by atoms with Gasteiger partial charge in [-0.3, -0.25) is 0 Å². The molecule has 5 rings (SSSR count). The summed E-state index contributed by atoms with van der Waals surface area (Å²) in [7, 11) is 0. The Morgan fingerprint density at radius 3 is 2.06 bits per heavy atom. The first-order chi connectivity index (χ1) is 14.8. The van der Waals surface area contributed by atoms with Crippen LogP contribution in [0.1, 0.15) is 27.8 Å². The second-order valence-electron chi connectivity index (χ2n) is 7.68. The van der Waals surface area contributed by atoms with Gasteiger partial charge in [0.15, 0.2) is 0 Å². The van der Waals surface area contributed by atoms with E-state index < -0.39 is 16.6 Å². The van der Waals surface area contributed by atoms with Crippen molar-refractivity contribution in [1.29, 1.82) is 0 Å². The van der Waals surface area contributed by atoms with Gasteiger partial charge < -0.3 is 9.97 Å². The summed E-state index contributed by atoms with van der Waals surface area (Å²) in [6.07, 6.45) is -0.720. The van der Waals surface area contributed by atoms with E-state index in [1.807, 2.05) is 61.8 Å². The second-order valence-corrected chi connectivity index (χ2v) is 8.25. The van der Waals surface area contributed by atoms with E-state index in [4.69, 9.17) is 11.6 Å². The van der Waals surface area contributed by atoms with Crippen LogP contribution >= 0.6 is 11.6 Å². The molecule has 0 aliphatic carbocycles. The van der Waals surface area contributed by atoms with E-state index in [2.05, 4.69) is 9.97 Å². The van der Waals surface area contributed by atoms with Crippen LogP contribution < -0.4 is 0 Å². The van der Waals surface area contributed by atoms with Crippen molar-refractivity contribution >= 4 is 33.4 Å². The topological polar surface area (TPSA) is 31.6 Å². The lowest BCUT2D eigenvalue weighted by atomic mass is 9.82. The lowest BCUT2D eigenvalue weighted by molar-refractivity contribution is -0.137. The number of benzene rings is 3. The van der Waals surface area contributed by atoms with Gasteiger partial charge >= 0.3 is 6.18 Å². The summed E-state index contributed by atoms with van der Waals surface area (Å²) in [5.74, 6) is 0. The van der Waals surface area contributed by atoms with Crippen LogP contribution in [-0.4, -0.2) is 9.97 Å². The predicted octanol–water partition coefficient (Wildman–Crippen LogP) is 7.51. The Hall–Kier alpha value is -3.18. The van der Waals surface area contributed by atoms with Crippen LogP contribution in [0.4, 0.5) is 13.2 Å². The van der Waals surface area contributed by atoms with E-state index in [0.29, 0.717) is 5.56 Å². The quantitative estimate of drug-likeness (QED) is 0.273. The van der Waals surface area contributed by atoms with Crippen molar-refractivity contribution in [3.8, 4) is 0 Å². The number of aromatic nitrogens is 2. The summed E-state index contributed by atoms with van der Waals surface area (Å²) in [6, 6.07) is 18.8. The molecule has 156 valence electrons. The minimum atomic E-state index is -4.41. The summed E-state index contributed by atoms with van der Waals surface area (Å²) >= 11 is 7.47. The number of para-hydroxylation sites is 1. The van der Waals surface area contributed by atoms with Gasteiger partial charge in [-0.15, -0.1) is 11.6 Å². The van der Waals surface area contributed by atoms with E-state index in [1.165, 1.54) is 12.1 Å². The molecule has 1 unspecified atom stereocenters. The first-order valence-electron chi connectivity index (χ1n) is 9.80. The molecule has 3 aromatic carbocycles. The number of fused-ring (bicyclic) bond motifs is 2. The number of hydrogen-bond donors (Lipinski definition) is 2. The molecular formula is C25H18ClF3N2. The number of aryl methyl sites for hydroxylation is 1. The maximum Gasteiger partial charge on any atom is 0.416 e. The van der Waals surface area contributed by atoms with Crippen molar-refractivity contribution in [2.45, 2.75) is 18.0 Å².